The molecule has 0 aromatic heterocycles. The second-order valence-electron chi connectivity index (χ2n) is 3.03. The highest BCUT2D eigenvalue weighted by Crippen LogP contribution is 2.24. The average Bonchev–Trinajstić information content (AvgIpc) is 2.08. The summed E-state index contributed by atoms with van der Waals surface area (Å²) in [4.78, 5) is 10.6. The van der Waals surface area contributed by atoms with Crippen LogP contribution in [0.25, 0.3) is 0 Å². The van der Waals surface area contributed by atoms with Gasteiger partial charge >= 0.3 is 5.97 Å². The Morgan fingerprint density at radius 3 is 2.85 bits per heavy atom. The SMILES string of the molecule is CCS[C@@H]1CCC(OC(C)=O)OC1. The van der Waals surface area contributed by atoms with Gasteiger partial charge in [-0.3, -0.25) is 4.79 Å². The number of hydrogen-bond acceptors (Lipinski definition) is 4. The number of ether oxygens (including phenoxy) is 2. The van der Waals surface area contributed by atoms with Crippen LogP contribution in [0.3, 0.4) is 0 Å². The maximum absolute atomic E-state index is 10.6. The highest BCUT2D eigenvalue weighted by molar-refractivity contribution is 7.99. The third-order valence-corrected chi connectivity index (χ3v) is 3.07. The van der Waals surface area contributed by atoms with Crippen LogP contribution in [0.5, 0.6) is 0 Å². The fourth-order valence-electron chi connectivity index (χ4n) is 1.35. The normalized spacial score (nSPS) is 28.5. The van der Waals surface area contributed by atoms with E-state index in [2.05, 4.69) is 6.92 Å². The van der Waals surface area contributed by atoms with Gasteiger partial charge in [-0.2, -0.15) is 11.8 Å². The quantitative estimate of drug-likeness (QED) is 0.657. The second kappa shape index (κ2) is 5.50. The summed E-state index contributed by atoms with van der Waals surface area (Å²) in [6, 6.07) is 0. The fraction of sp³-hybridized carbons (Fsp3) is 0.889. The van der Waals surface area contributed by atoms with Crippen molar-refractivity contribution in [3.8, 4) is 0 Å². The molecule has 0 saturated carbocycles. The first-order valence-electron chi connectivity index (χ1n) is 4.62. The van der Waals surface area contributed by atoms with Crippen LogP contribution in [0.15, 0.2) is 0 Å². The Labute approximate surface area is 83.2 Å². The lowest BCUT2D eigenvalue weighted by Gasteiger charge is -2.27. The minimum atomic E-state index is -0.300. The molecule has 0 aromatic rings. The maximum Gasteiger partial charge on any atom is 0.304 e. The van der Waals surface area contributed by atoms with Gasteiger partial charge in [0, 0.05) is 18.6 Å². The summed E-state index contributed by atoms with van der Waals surface area (Å²) in [5.41, 5.74) is 0. The molecule has 76 valence electrons. The van der Waals surface area contributed by atoms with Crippen LogP contribution in [-0.4, -0.2) is 29.9 Å². The molecule has 1 heterocycles. The van der Waals surface area contributed by atoms with E-state index in [1.54, 1.807) is 0 Å². The van der Waals surface area contributed by atoms with Crippen molar-refractivity contribution in [2.45, 2.75) is 38.2 Å². The van der Waals surface area contributed by atoms with Crippen LogP contribution in [0.4, 0.5) is 0 Å². The van der Waals surface area contributed by atoms with Gasteiger partial charge in [0.2, 0.25) is 6.29 Å². The molecule has 0 N–H and O–H groups in total. The zero-order chi connectivity index (χ0) is 9.68. The van der Waals surface area contributed by atoms with E-state index in [4.69, 9.17) is 9.47 Å². The third-order valence-electron chi connectivity index (χ3n) is 1.89. The molecule has 1 unspecified atom stereocenters. The van der Waals surface area contributed by atoms with Gasteiger partial charge in [-0.15, -0.1) is 0 Å². The average molecular weight is 204 g/mol. The van der Waals surface area contributed by atoms with E-state index in [1.807, 2.05) is 11.8 Å². The summed E-state index contributed by atoms with van der Waals surface area (Å²) in [5.74, 6) is 0.860. The molecular formula is C9H16O3S. The lowest BCUT2D eigenvalue weighted by atomic mass is 10.2. The van der Waals surface area contributed by atoms with E-state index in [0.29, 0.717) is 11.9 Å². The molecule has 0 radical (unpaired) electrons. The number of carbonyl (C=O) groups is 1. The van der Waals surface area contributed by atoms with Crippen LogP contribution in [0.1, 0.15) is 26.7 Å². The van der Waals surface area contributed by atoms with Crippen molar-refractivity contribution in [3.05, 3.63) is 0 Å². The van der Waals surface area contributed by atoms with Crippen LogP contribution < -0.4 is 0 Å². The van der Waals surface area contributed by atoms with Gasteiger partial charge in [0.25, 0.3) is 0 Å². The van der Waals surface area contributed by atoms with E-state index < -0.39 is 0 Å². The zero-order valence-electron chi connectivity index (χ0n) is 8.12. The second-order valence-corrected chi connectivity index (χ2v) is 4.60. The number of rotatable bonds is 3. The molecule has 0 spiro atoms. The Morgan fingerprint density at radius 2 is 2.38 bits per heavy atom. The largest absolute Gasteiger partial charge is 0.436 e. The van der Waals surface area contributed by atoms with Gasteiger partial charge in [0.15, 0.2) is 0 Å². The van der Waals surface area contributed by atoms with E-state index in [-0.39, 0.29) is 12.3 Å². The van der Waals surface area contributed by atoms with Crippen LogP contribution in [0, 0.1) is 0 Å². The topological polar surface area (TPSA) is 35.5 Å². The Bertz CT molecular complexity index is 164. The molecule has 0 aromatic carbocycles. The van der Waals surface area contributed by atoms with Gasteiger partial charge in [-0.1, -0.05) is 6.92 Å². The molecule has 1 rings (SSSR count). The monoisotopic (exact) mass is 204 g/mol. The summed E-state index contributed by atoms with van der Waals surface area (Å²) >= 11 is 1.91. The van der Waals surface area contributed by atoms with Crippen molar-refractivity contribution in [1.82, 2.24) is 0 Å². The van der Waals surface area contributed by atoms with Crippen molar-refractivity contribution in [3.63, 3.8) is 0 Å². The van der Waals surface area contributed by atoms with Crippen molar-refractivity contribution < 1.29 is 14.3 Å². The van der Waals surface area contributed by atoms with Crippen molar-refractivity contribution >= 4 is 17.7 Å². The molecule has 0 aliphatic carbocycles. The summed E-state index contributed by atoms with van der Waals surface area (Å²) in [6.07, 6.45) is 1.61. The van der Waals surface area contributed by atoms with Gasteiger partial charge in [0.05, 0.1) is 6.61 Å². The molecule has 2 atom stereocenters. The molecule has 3 nitrogen and oxygen atoms in total. The maximum atomic E-state index is 10.6. The van der Waals surface area contributed by atoms with Crippen molar-refractivity contribution in [2.75, 3.05) is 12.4 Å². The number of thioether (sulfide) groups is 1. The predicted octanol–water partition coefficient (Wildman–Crippen LogP) is 1.81. The Morgan fingerprint density at radius 1 is 1.62 bits per heavy atom. The van der Waals surface area contributed by atoms with E-state index >= 15 is 0 Å². The predicted molar refractivity (Wildman–Crippen MR) is 52.7 cm³/mol. The van der Waals surface area contributed by atoms with Crippen molar-refractivity contribution in [2.24, 2.45) is 0 Å². The summed E-state index contributed by atoms with van der Waals surface area (Å²) in [6.45, 7) is 4.26. The summed E-state index contributed by atoms with van der Waals surface area (Å²) in [7, 11) is 0. The number of hydrogen-bond donors (Lipinski definition) is 0. The lowest BCUT2D eigenvalue weighted by Crippen LogP contribution is -2.30. The fourth-order valence-corrected chi connectivity index (χ4v) is 2.30. The van der Waals surface area contributed by atoms with E-state index in [9.17, 15) is 4.79 Å². The van der Waals surface area contributed by atoms with Gasteiger partial charge < -0.3 is 9.47 Å². The summed E-state index contributed by atoms with van der Waals surface area (Å²) in [5, 5.41) is 0.580. The molecule has 0 bridgehead atoms. The van der Waals surface area contributed by atoms with Crippen LogP contribution >= 0.6 is 11.8 Å². The first kappa shape index (κ1) is 10.9. The Balaban J connectivity index is 2.18. The van der Waals surface area contributed by atoms with Gasteiger partial charge in [0.1, 0.15) is 0 Å². The minimum Gasteiger partial charge on any atom is -0.436 e. The Hall–Kier alpha value is -0.220. The molecule has 0 amide bonds. The van der Waals surface area contributed by atoms with Crippen LogP contribution in [0.2, 0.25) is 0 Å². The van der Waals surface area contributed by atoms with E-state index in [0.717, 1.165) is 18.6 Å². The smallest absolute Gasteiger partial charge is 0.304 e. The lowest BCUT2D eigenvalue weighted by molar-refractivity contribution is -0.183. The molecule has 13 heavy (non-hydrogen) atoms. The van der Waals surface area contributed by atoms with Crippen molar-refractivity contribution in [1.29, 1.82) is 0 Å². The molecule has 1 saturated heterocycles. The first-order valence-corrected chi connectivity index (χ1v) is 5.67. The molecular weight excluding hydrogens is 188 g/mol. The molecule has 1 aliphatic rings. The molecule has 1 aliphatic heterocycles. The van der Waals surface area contributed by atoms with E-state index in [1.165, 1.54) is 6.92 Å². The standard InChI is InChI=1S/C9H16O3S/c1-3-13-8-4-5-9(11-6-8)12-7(2)10/h8-9H,3-6H2,1-2H3/t8-,9?/m1/s1. The van der Waals surface area contributed by atoms with Gasteiger partial charge in [-0.25, -0.2) is 0 Å². The summed E-state index contributed by atoms with van der Waals surface area (Å²) < 4.78 is 10.3. The highest BCUT2D eigenvalue weighted by Gasteiger charge is 2.23. The first-order chi connectivity index (χ1) is 6.22. The minimum absolute atomic E-state index is 0.258. The Kier molecular flexibility index (Phi) is 4.59. The van der Waals surface area contributed by atoms with Gasteiger partial charge in [-0.05, 0) is 12.2 Å². The number of carbonyl (C=O) groups excluding carboxylic acids is 1. The van der Waals surface area contributed by atoms with Crippen LogP contribution in [-0.2, 0) is 14.3 Å². The number of esters is 1. The third kappa shape index (κ3) is 4.00. The molecule has 4 heteroatoms. The molecule has 1 fully saturated rings. The highest BCUT2D eigenvalue weighted by atomic mass is 32.2. The zero-order valence-corrected chi connectivity index (χ0v) is 8.93.